The quantitative estimate of drug-likeness (QED) is 0.203. The fourth-order valence-electron chi connectivity index (χ4n) is 2.80. The van der Waals surface area contributed by atoms with Crippen molar-refractivity contribution in [2.45, 2.75) is 124 Å². The summed E-state index contributed by atoms with van der Waals surface area (Å²) >= 11 is 0. The minimum atomic E-state index is -0.323. The average Bonchev–Trinajstić information content (AvgIpc) is 2.58. The van der Waals surface area contributed by atoms with Crippen LogP contribution in [0.5, 0.6) is 0 Å². The Morgan fingerprint density at radius 3 is 1.42 bits per heavy atom. The lowest BCUT2D eigenvalue weighted by Crippen LogP contribution is -2.26. The summed E-state index contributed by atoms with van der Waals surface area (Å²) in [4.78, 5) is 11.8. The van der Waals surface area contributed by atoms with Gasteiger partial charge >= 0.3 is 5.97 Å². The van der Waals surface area contributed by atoms with E-state index in [1.165, 1.54) is 83.5 Å². The van der Waals surface area contributed by atoms with Gasteiger partial charge in [0.05, 0.1) is 12.0 Å². The molecule has 24 heavy (non-hydrogen) atoms. The molecular formula is C22H44O2. The first kappa shape index (κ1) is 23.5. The van der Waals surface area contributed by atoms with E-state index in [1.54, 1.807) is 0 Å². The summed E-state index contributed by atoms with van der Waals surface area (Å²) in [7, 11) is 0. The molecule has 0 aromatic rings. The van der Waals surface area contributed by atoms with Crippen molar-refractivity contribution >= 4 is 5.97 Å². The highest BCUT2D eigenvalue weighted by atomic mass is 16.5. The molecule has 0 atom stereocenters. The molecule has 0 heterocycles. The molecule has 0 saturated carbocycles. The lowest BCUT2D eigenvalue weighted by molar-refractivity contribution is -0.154. The second kappa shape index (κ2) is 16.0. The molecule has 0 radical (unpaired) electrons. The summed E-state index contributed by atoms with van der Waals surface area (Å²) < 4.78 is 5.37. The van der Waals surface area contributed by atoms with Crippen LogP contribution >= 0.6 is 0 Å². The summed E-state index contributed by atoms with van der Waals surface area (Å²) in [6.45, 7) is 8.83. The van der Waals surface area contributed by atoms with Crippen LogP contribution in [0.25, 0.3) is 0 Å². The van der Waals surface area contributed by atoms with Gasteiger partial charge in [-0.3, -0.25) is 4.79 Å². The zero-order valence-corrected chi connectivity index (χ0v) is 17.1. The molecule has 0 saturated heterocycles. The zero-order valence-electron chi connectivity index (χ0n) is 17.1. The third kappa shape index (κ3) is 13.9. The van der Waals surface area contributed by atoms with Gasteiger partial charge in [-0.15, -0.1) is 0 Å². The van der Waals surface area contributed by atoms with E-state index in [9.17, 15) is 4.79 Å². The standard InChI is InChI=1S/C22H44O2/c1-5-7-8-9-10-11-12-13-14-15-16-17-18-19-20-24-21(23)22(3,4)6-2/h5-20H2,1-4H3. The predicted molar refractivity (Wildman–Crippen MR) is 105 cm³/mol. The van der Waals surface area contributed by atoms with Crippen LogP contribution in [0.2, 0.25) is 0 Å². The third-order valence-electron chi connectivity index (χ3n) is 5.17. The Kier molecular flexibility index (Phi) is 15.6. The van der Waals surface area contributed by atoms with E-state index in [4.69, 9.17) is 4.74 Å². The molecule has 2 nitrogen and oxygen atoms in total. The van der Waals surface area contributed by atoms with E-state index in [-0.39, 0.29) is 11.4 Å². The van der Waals surface area contributed by atoms with E-state index in [2.05, 4.69) is 6.92 Å². The molecule has 0 aliphatic heterocycles. The van der Waals surface area contributed by atoms with Crippen molar-refractivity contribution in [3.63, 3.8) is 0 Å². The number of carbonyl (C=O) groups is 1. The van der Waals surface area contributed by atoms with Crippen molar-refractivity contribution in [2.24, 2.45) is 5.41 Å². The maximum atomic E-state index is 11.8. The number of carbonyl (C=O) groups excluding carboxylic acids is 1. The Bertz CT molecular complexity index is 284. The van der Waals surface area contributed by atoms with Crippen LogP contribution in [0.1, 0.15) is 124 Å². The molecule has 0 spiro atoms. The zero-order chi connectivity index (χ0) is 18.1. The predicted octanol–water partition coefficient (Wildman–Crippen LogP) is 7.45. The molecule has 0 unspecified atom stereocenters. The Morgan fingerprint density at radius 2 is 1.04 bits per heavy atom. The highest BCUT2D eigenvalue weighted by Gasteiger charge is 2.26. The van der Waals surface area contributed by atoms with E-state index >= 15 is 0 Å². The summed E-state index contributed by atoms with van der Waals surface area (Å²) in [6.07, 6.45) is 19.8. The maximum Gasteiger partial charge on any atom is 0.311 e. The molecule has 0 rings (SSSR count). The molecular weight excluding hydrogens is 296 g/mol. The van der Waals surface area contributed by atoms with Crippen LogP contribution in [0.4, 0.5) is 0 Å². The molecule has 0 bridgehead atoms. The largest absolute Gasteiger partial charge is 0.465 e. The van der Waals surface area contributed by atoms with Gasteiger partial charge in [-0.05, 0) is 26.7 Å². The topological polar surface area (TPSA) is 26.3 Å². The van der Waals surface area contributed by atoms with Gasteiger partial charge < -0.3 is 4.74 Å². The Labute approximate surface area is 152 Å². The summed E-state index contributed by atoms with van der Waals surface area (Å²) in [5, 5.41) is 0. The molecule has 2 heteroatoms. The van der Waals surface area contributed by atoms with Gasteiger partial charge in [0.2, 0.25) is 0 Å². The second-order valence-corrected chi connectivity index (χ2v) is 7.97. The van der Waals surface area contributed by atoms with Gasteiger partial charge in [-0.1, -0.05) is 97.3 Å². The van der Waals surface area contributed by atoms with Gasteiger partial charge in [0.25, 0.3) is 0 Å². The van der Waals surface area contributed by atoms with E-state index in [0.29, 0.717) is 6.61 Å². The van der Waals surface area contributed by atoms with Crippen LogP contribution < -0.4 is 0 Å². The Balaban J connectivity index is 3.19. The van der Waals surface area contributed by atoms with Crippen LogP contribution in [0, 0.1) is 5.41 Å². The number of hydrogen-bond donors (Lipinski definition) is 0. The second-order valence-electron chi connectivity index (χ2n) is 7.97. The molecule has 0 N–H and O–H groups in total. The molecule has 0 aromatic heterocycles. The highest BCUT2D eigenvalue weighted by molar-refractivity contribution is 5.75. The van der Waals surface area contributed by atoms with Crippen LogP contribution in [-0.4, -0.2) is 12.6 Å². The SMILES string of the molecule is CCCCCCCCCCCCCCCCOC(=O)C(C)(C)CC. The van der Waals surface area contributed by atoms with Gasteiger partial charge in [-0.2, -0.15) is 0 Å². The lowest BCUT2D eigenvalue weighted by Gasteiger charge is -2.20. The van der Waals surface area contributed by atoms with Crippen molar-refractivity contribution in [2.75, 3.05) is 6.61 Å². The Hall–Kier alpha value is -0.530. The first-order chi connectivity index (χ1) is 11.5. The first-order valence-corrected chi connectivity index (χ1v) is 10.7. The summed E-state index contributed by atoms with van der Waals surface area (Å²) in [5.74, 6) is -0.0419. The van der Waals surface area contributed by atoms with Crippen LogP contribution in [0.15, 0.2) is 0 Å². The molecule has 0 fully saturated rings. The molecule has 0 amide bonds. The molecule has 0 aliphatic rings. The minimum Gasteiger partial charge on any atom is -0.465 e. The van der Waals surface area contributed by atoms with Gasteiger partial charge in [0.15, 0.2) is 0 Å². The first-order valence-electron chi connectivity index (χ1n) is 10.7. The van der Waals surface area contributed by atoms with Gasteiger partial charge in [0.1, 0.15) is 0 Å². The van der Waals surface area contributed by atoms with Gasteiger partial charge in [0, 0.05) is 0 Å². The maximum absolute atomic E-state index is 11.8. The molecule has 0 aliphatic carbocycles. The smallest absolute Gasteiger partial charge is 0.311 e. The number of rotatable bonds is 17. The molecule has 0 aromatic carbocycles. The number of unbranched alkanes of at least 4 members (excludes halogenated alkanes) is 13. The van der Waals surface area contributed by atoms with E-state index in [0.717, 1.165) is 12.8 Å². The number of ether oxygens (including phenoxy) is 1. The lowest BCUT2D eigenvalue weighted by atomic mass is 9.91. The Morgan fingerprint density at radius 1 is 0.667 bits per heavy atom. The van der Waals surface area contributed by atoms with Crippen molar-refractivity contribution in [1.29, 1.82) is 0 Å². The van der Waals surface area contributed by atoms with Crippen LogP contribution in [0.3, 0.4) is 0 Å². The van der Waals surface area contributed by atoms with E-state index in [1.807, 2.05) is 20.8 Å². The van der Waals surface area contributed by atoms with Crippen molar-refractivity contribution in [3.05, 3.63) is 0 Å². The fourth-order valence-corrected chi connectivity index (χ4v) is 2.80. The third-order valence-corrected chi connectivity index (χ3v) is 5.17. The van der Waals surface area contributed by atoms with Crippen molar-refractivity contribution in [1.82, 2.24) is 0 Å². The number of esters is 1. The highest BCUT2D eigenvalue weighted by Crippen LogP contribution is 2.21. The van der Waals surface area contributed by atoms with Gasteiger partial charge in [-0.25, -0.2) is 0 Å². The monoisotopic (exact) mass is 340 g/mol. The number of hydrogen-bond acceptors (Lipinski definition) is 2. The van der Waals surface area contributed by atoms with E-state index < -0.39 is 0 Å². The fraction of sp³-hybridized carbons (Fsp3) is 0.955. The summed E-state index contributed by atoms with van der Waals surface area (Å²) in [6, 6.07) is 0. The normalized spacial score (nSPS) is 11.7. The summed E-state index contributed by atoms with van der Waals surface area (Å²) in [5.41, 5.74) is -0.323. The van der Waals surface area contributed by atoms with Crippen molar-refractivity contribution < 1.29 is 9.53 Å². The van der Waals surface area contributed by atoms with Crippen LogP contribution in [-0.2, 0) is 9.53 Å². The van der Waals surface area contributed by atoms with Crippen molar-refractivity contribution in [3.8, 4) is 0 Å². The average molecular weight is 341 g/mol. The molecule has 144 valence electrons. The minimum absolute atomic E-state index is 0.0419.